The average molecular weight is 445 g/mol. The Morgan fingerprint density at radius 1 is 1.06 bits per heavy atom. The largest absolute Gasteiger partial charge is 0.379 e. The van der Waals surface area contributed by atoms with Crippen molar-refractivity contribution in [1.82, 2.24) is 15.5 Å². The van der Waals surface area contributed by atoms with Gasteiger partial charge in [0.15, 0.2) is 5.96 Å². The third-order valence-electron chi connectivity index (χ3n) is 5.21. The highest BCUT2D eigenvalue weighted by molar-refractivity contribution is 7.97. The van der Waals surface area contributed by atoms with E-state index >= 15 is 0 Å². The SMILES string of the molecule is CCNC(=NCc1ccc(CN2CCOCC2)cc1)NCc1ccc(F)cc1CSC. The van der Waals surface area contributed by atoms with Crippen molar-refractivity contribution in [2.45, 2.75) is 32.3 Å². The second-order valence-electron chi connectivity index (χ2n) is 7.60. The van der Waals surface area contributed by atoms with E-state index in [0.29, 0.717) is 13.1 Å². The van der Waals surface area contributed by atoms with Gasteiger partial charge in [-0.2, -0.15) is 11.8 Å². The van der Waals surface area contributed by atoms with Gasteiger partial charge in [0, 0.05) is 38.5 Å². The first-order valence-electron chi connectivity index (χ1n) is 10.8. The van der Waals surface area contributed by atoms with Gasteiger partial charge in [-0.3, -0.25) is 4.90 Å². The molecule has 0 spiro atoms. The highest BCUT2D eigenvalue weighted by atomic mass is 32.2. The first-order chi connectivity index (χ1) is 15.2. The van der Waals surface area contributed by atoms with Gasteiger partial charge in [-0.05, 0) is 47.6 Å². The maximum atomic E-state index is 13.6. The molecular formula is C24H33FN4OS. The van der Waals surface area contributed by atoms with Gasteiger partial charge in [-0.1, -0.05) is 30.3 Å². The van der Waals surface area contributed by atoms with Crippen molar-refractivity contribution in [3.63, 3.8) is 0 Å². The topological polar surface area (TPSA) is 48.9 Å². The maximum Gasteiger partial charge on any atom is 0.191 e. The van der Waals surface area contributed by atoms with Crippen molar-refractivity contribution in [2.24, 2.45) is 4.99 Å². The standard InChI is InChI=1S/C24H33FN4OS/c1-3-26-24(28-16-21-8-9-23(25)14-22(21)18-31-2)27-15-19-4-6-20(7-5-19)17-29-10-12-30-13-11-29/h4-9,14H,3,10-13,15-18H2,1-2H3,(H2,26,27,28). The third kappa shape index (κ3) is 7.83. The van der Waals surface area contributed by atoms with E-state index in [9.17, 15) is 4.39 Å². The summed E-state index contributed by atoms with van der Waals surface area (Å²) in [4.78, 5) is 7.15. The molecule has 168 valence electrons. The van der Waals surface area contributed by atoms with E-state index in [-0.39, 0.29) is 5.82 Å². The van der Waals surface area contributed by atoms with Gasteiger partial charge in [-0.25, -0.2) is 9.38 Å². The minimum Gasteiger partial charge on any atom is -0.379 e. The van der Waals surface area contributed by atoms with Crippen LogP contribution >= 0.6 is 11.8 Å². The molecule has 2 N–H and O–H groups in total. The number of thioether (sulfide) groups is 1. The molecule has 1 saturated heterocycles. The number of morpholine rings is 1. The summed E-state index contributed by atoms with van der Waals surface area (Å²) in [5.41, 5.74) is 4.60. The molecule has 3 rings (SSSR count). The Hall–Kier alpha value is -2.09. The molecule has 31 heavy (non-hydrogen) atoms. The van der Waals surface area contributed by atoms with E-state index in [4.69, 9.17) is 9.73 Å². The molecule has 1 aliphatic rings. The fourth-order valence-corrected chi connectivity index (χ4v) is 4.10. The first kappa shape index (κ1) is 23.6. The monoisotopic (exact) mass is 444 g/mol. The number of hydrogen-bond acceptors (Lipinski definition) is 4. The predicted octanol–water partition coefficient (Wildman–Crippen LogP) is 3.78. The Balaban J connectivity index is 1.56. The average Bonchev–Trinajstić information content (AvgIpc) is 2.78. The predicted molar refractivity (Wildman–Crippen MR) is 128 cm³/mol. The summed E-state index contributed by atoms with van der Waals surface area (Å²) >= 11 is 1.69. The molecule has 0 radical (unpaired) electrons. The Bertz CT molecular complexity index is 838. The highest BCUT2D eigenvalue weighted by Crippen LogP contribution is 2.16. The zero-order chi connectivity index (χ0) is 21.9. The molecule has 0 amide bonds. The van der Waals surface area contributed by atoms with Crippen molar-refractivity contribution in [1.29, 1.82) is 0 Å². The number of nitrogens with one attached hydrogen (secondary N) is 2. The second-order valence-corrected chi connectivity index (χ2v) is 8.47. The van der Waals surface area contributed by atoms with Crippen molar-refractivity contribution in [3.05, 3.63) is 70.5 Å². The molecule has 1 heterocycles. The van der Waals surface area contributed by atoms with E-state index in [1.54, 1.807) is 17.8 Å². The highest BCUT2D eigenvalue weighted by Gasteiger charge is 2.10. The summed E-state index contributed by atoms with van der Waals surface area (Å²) in [7, 11) is 0. The van der Waals surface area contributed by atoms with Crippen LogP contribution in [0.25, 0.3) is 0 Å². The normalized spacial score (nSPS) is 15.1. The van der Waals surface area contributed by atoms with Crippen LogP contribution in [0.15, 0.2) is 47.5 Å². The molecule has 1 aliphatic heterocycles. The van der Waals surface area contributed by atoms with E-state index in [1.165, 1.54) is 17.2 Å². The van der Waals surface area contributed by atoms with Gasteiger partial charge >= 0.3 is 0 Å². The van der Waals surface area contributed by atoms with Crippen LogP contribution in [0.3, 0.4) is 0 Å². The third-order valence-corrected chi connectivity index (χ3v) is 5.81. The zero-order valence-corrected chi connectivity index (χ0v) is 19.3. The van der Waals surface area contributed by atoms with Gasteiger partial charge < -0.3 is 15.4 Å². The second kappa shape index (κ2) is 12.7. The van der Waals surface area contributed by atoms with Gasteiger partial charge in [0.05, 0.1) is 19.8 Å². The minimum atomic E-state index is -0.189. The van der Waals surface area contributed by atoms with Gasteiger partial charge in [0.1, 0.15) is 5.82 Å². The quantitative estimate of drug-likeness (QED) is 0.455. The Labute approximate surface area is 189 Å². The van der Waals surface area contributed by atoms with E-state index < -0.39 is 0 Å². The van der Waals surface area contributed by atoms with Crippen LogP contribution in [-0.2, 0) is 30.1 Å². The van der Waals surface area contributed by atoms with Crippen molar-refractivity contribution in [3.8, 4) is 0 Å². The van der Waals surface area contributed by atoms with Crippen LogP contribution in [0.4, 0.5) is 4.39 Å². The van der Waals surface area contributed by atoms with Gasteiger partial charge in [-0.15, -0.1) is 0 Å². The van der Waals surface area contributed by atoms with Crippen LogP contribution in [0.1, 0.15) is 29.2 Å². The smallest absolute Gasteiger partial charge is 0.191 e. The van der Waals surface area contributed by atoms with Crippen LogP contribution in [0, 0.1) is 5.82 Å². The molecular weight excluding hydrogens is 411 g/mol. The van der Waals surface area contributed by atoms with Crippen LogP contribution in [0.2, 0.25) is 0 Å². The number of halogens is 1. The van der Waals surface area contributed by atoms with E-state index in [2.05, 4.69) is 46.7 Å². The summed E-state index contributed by atoms with van der Waals surface area (Å²) in [6, 6.07) is 13.7. The van der Waals surface area contributed by atoms with Gasteiger partial charge in [0.2, 0.25) is 0 Å². The van der Waals surface area contributed by atoms with Crippen molar-refractivity contribution in [2.75, 3.05) is 39.1 Å². The molecule has 2 aromatic carbocycles. The Morgan fingerprint density at radius 3 is 2.52 bits per heavy atom. The summed E-state index contributed by atoms with van der Waals surface area (Å²) in [5.74, 6) is 1.36. The summed E-state index contributed by atoms with van der Waals surface area (Å²) in [6.07, 6.45) is 2.03. The van der Waals surface area contributed by atoms with Crippen LogP contribution in [-0.4, -0.2) is 50.0 Å². The van der Waals surface area contributed by atoms with Crippen LogP contribution < -0.4 is 10.6 Å². The van der Waals surface area contributed by atoms with E-state index in [1.807, 2.05) is 12.3 Å². The lowest BCUT2D eigenvalue weighted by Gasteiger charge is -2.26. The molecule has 5 nitrogen and oxygen atoms in total. The Kier molecular flexibility index (Phi) is 9.65. The fraction of sp³-hybridized carbons (Fsp3) is 0.458. The number of aliphatic imine (C=N–C) groups is 1. The number of rotatable bonds is 9. The molecule has 0 aromatic heterocycles. The summed E-state index contributed by atoms with van der Waals surface area (Å²) in [6.45, 7) is 8.66. The minimum absolute atomic E-state index is 0.189. The molecule has 0 aliphatic carbocycles. The molecule has 0 bridgehead atoms. The molecule has 2 aromatic rings. The lowest BCUT2D eigenvalue weighted by molar-refractivity contribution is 0.0342. The first-order valence-corrected chi connectivity index (χ1v) is 12.2. The summed E-state index contributed by atoms with van der Waals surface area (Å²) in [5, 5.41) is 6.67. The maximum absolute atomic E-state index is 13.6. The lowest BCUT2D eigenvalue weighted by atomic mass is 10.1. The number of guanidine groups is 1. The van der Waals surface area contributed by atoms with E-state index in [0.717, 1.165) is 62.2 Å². The molecule has 0 saturated carbocycles. The molecule has 0 atom stereocenters. The van der Waals surface area contributed by atoms with Crippen LogP contribution in [0.5, 0.6) is 0 Å². The van der Waals surface area contributed by atoms with Gasteiger partial charge in [0.25, 0.3) is 0 Å². The Morgan fingerprint density at radius 2 is 1.81 bits per heavy atom. The molecule has 1 fully saturated rings. The zero-order valence-electron chi connectivity index (χ0n) is 18.5. The lowest BCUT2D eigenvalue weighted by Crippen LogP contribution is -2.37. The van der Waals surface area contributed by atoms with Crippen molar-refractivity contribution >= 4 is 17.7 Å². The molecule has 7 heteroatoms. The van der Waals surface area contributed by atoms with Crippen molar-refractivity contribution < 1.29 is 9.13 Å². The number of ether oxygens (including phenoxy) is 1. The fourth-order valence-electron chi connectivity index (χ4n) is 3.52. The molecule has 0 unspecified atom stereocenters. The number of hydrogen-bond donors (Lipinski definition) is 2. The summed E-state index contributed by atoms with van der Waals surface area (Å²) < 4.78 is 19.0. The number of nitrogens with zero attached hydrogens (tertiary/aromatic N) is 2. The number of benzene rings is 2.